The molecule has 6 nitrogen and oxygen atoms in total. The van der Waals surface area contributed by atoms with E-state index in [1.807, 2.05) is 0 Å². The Labute approximate surface area is 83.0 Å². The second-order valence-corrected chi connectivity index (χ2v) is 4.56. The Balaban J connectivity index is 3.53. The van der Waals surface area contributed by atoms with Crippen molar-refractivity contribution in [3.63, 3.8) is 0 Å². The molecular formula is C7H15O6P. The molecule has 0 bridgehead atoms. The number of rotatable bonds is 7. The first kappa shape index (κ1) is 13.6. The summed E-state index contributed by atoms with van der Waals surface area (Å²) in [6.07, 6.45) is -0.152. The largest absolute Gasteiger partial charge is 0.463 e. The second-order valence-electron chi connectivity index (χ2n) is 2.35. The third-order valence-corrected chi connectivity index (χ3v) is 2.95. The Bertz CT molecular complexity index is 208. The maximum absolute atomic E-state index is 11.4. The van der Waals surface area contributed by atoms with E-state index in [1.165, 1.54) is 21.1 Å². The molecule has 0 saturated heterocycles. The van der Waals surface area contributed by atoms with Gasteiger partial charge >= 0.3 is 13.6 Å². The third kappa shape index (κ3) is 6.10. The van der Waals surface area contributed by atoms with Gasteiger partial charge in [-0.25, -0.2) is 0 Å². The van der Waals surface area contributed by atoms with E-state index in [4.69, 9.17) is 4.74 Å². The van der Waals surface area contributed by atoms with Crippen LogP contribution in [0.4, 0.5) is 0 Å². The van der Waals surface area contributed by atoms with Crippen molar-refractivity contribution in [1.82, 2.24) is 0 Å². The van der Waals surface area contributed by atoms with E-state index in [9.17, 15) is 9.36 Å². The molecule has 0 spiro atoms. The predicted molar refractivity (Wildman–Crippen MR) is 49.1 cm³/mol. The average molecular weight is 226 g/mol. The molecular weight excluding hydrogens is 211 g/mol. The van der Waals surface area contributed by atoms with Crippen molar-refractivity contribution >= 4 is 13.6 Å². The first-order chi connectivity index (χ1) is 6.54. The number of ether oxygens (including phenoxy) is 2. The van der Waals surface area contributed by atoms with Gasteiger partial charge in [-0.15, -0.1) is 0 Å². The van der Waals surface area contributed by atoms with E-state index in [0.717, 1.165) is 0 Å². The molecule has 0 radical (unpaired) electrons. The van der Waals surface area contributed by atoms with Gasteiger partial charge in [0.05, 0.1) is 6.61 Å². The van der Waals surface area contributed by atoms with Gasteiger partial charge in [-0.3, -0.25) is 9.36 Å². The van der Waals surface area contributed by atoms with Gasteiger partial charge in [0.1, 0.15) is 13.0 Å². The lowest BCUT2D eigenvalue weighted by molar-refractivity contribution is -0.142. The van der Waals surface area contributed by atoms with Crippen molar-refractivity contribution in [2.75, 3.05) is 33.8 Å². The molecule has 14 heavy (non-hydrogen) atoms. The number of carbonyl (C=O) groups excluding carboxylic acids is 1. The van der Waals surface area contributed by atoms with Crippen LogP contribution in [0.25, 0.3) is 0 Å². The lowest BCUT2D eigenvalue weighted by atomic mass is 10.7. The van der Waals surface area contributed by atoms with Crippen LogP contribution in [0.2, 0.25) is 0 Å². The lowest BCUT2D eigenvalue weighted by Gasteiger charge is -2.13. The van der Waals surface area contributed by atoms with Crippen molar-refractivity contribution in [2.45, 2.75) is 6.92 Å². The van der Waals surface area contributed by atoms with Crippen LogP contribution in [0.1, 0.15) is 6.92 Å². The number of carbonyl (C=O) groups is 1. The van der Waals surface area contributed by atoms with Gasteiger partial charge in [0.2, 0.25) is 0 Å². The van der Waals surface area contributed by atoms with Gasteiger partial charge in [-0.1, -0.05) is 0 Å². The van der Waals surface area contributed by atoms with Gasteiger partial charge in [0.15, 0.2) is 0 Å². The van der Waals surface area contributed by atoms with Gasteiger partial charge in [-0.2, -0.15) is 0 Å². The molecule has 0 aromatic heterocycles. The number of esters is 1. The maximum atomic E-state index is 11.4. The molecule has 0 heterocycles. The fourth-order valence-electron chi connectivity index (χ4n) is 0.601. The summed E-state index contributed by atoms with van der Waals surface area (Å²) in [7, 11) is -0.553. The molecule has 0 atom stereocenters. The summed E-state index contributed by atoms with van der Waals surface area (Å²) in [5, 5.41) is 0. The van der Waals surface area contributed by atoms with E-state index in [0.29, 0.717) is 0 Å². The molecule has 0 aliphatic carbocycles. The van der Waals surface area contributed by atoms with Gasteiger partial charge in [0, 0.05) is 21.1 Å². The highest BCUT2D eigenvalue weighted by Gasteiger charge is 2.20. The van der Waals surface area contributed by atoms with E-state index in [-0.39, 0.29) is 25.5 Å². The summed E-state index contributed by atoms with van der Waals surface area (Å²) >= 11 is 0. The van der Waals surface area contributed by atoms with E-state index >= 15 is 0 Å². The maximum Gasteiger partial charge on any atom is 0.355 e. The van der Waals surface area contributed by atoms with Crippen LogP contribution in [-0.4, -0.2) is 39.8 Å². The van der Waals surface area contributed by atoms with E-state index < -0.39 is 7.60 Å². The molecule has 0 N–H and O–H groups in total. The zero-order valence-electron chi connectivity index (χ0n) is 8.52. The van der Waals surface area contributed by atoms with E-state index in [2.05, 4.69) is 13.8 Å². The van der Waals surface area contributed by atoms with Crippen molar-refractivity contribution in [3.8, 4) is 0 Å². The summed E-state index contributed by atoms with van der Waals surface area (Å²) < 4.78 is 30.1. The highest BCUT2D eigenvalue weighted by molar-refractivity contribution is 7.53. The minimum atomic E-state index is -3.11. The summed E-state index contributed by atoms with van der Waals surface area (Å²) in [6.45, 7) is 1.59. The summed E-state index contributed by atoms with van der Waals surface area (Å²) in [6, 6.07) is 0. The predicted octanol–water partition coefficient (Wildman–Crippen LogP) is 1.01. The first-order valence-corrected chi connectivity index (χ1v) is 5.68. The van der Waals surface area contributed by atoms with Crippen LogP contribution in [0.5, 0.6) is 0 Å². The van der Waals surface area contributed by atoms with Gasteiger partial charge in [-0.05, 0) is 0 Å². The quantitative estimate of drug-likeness (QED) is 0.366. The highest BCUT2D eigenvalue weighted by atomic mass is 31.2. The SMILES string of the molecule is COP(=O)(COCCOC(C)=O)OC. The fourth-order valence-corrected chi connectivity index (χ4v) is 1.31. The Morgan fingerprint density at radius 3 is 2.21 bits per heavy atom. The van der Waals surface area contributed by atoms with Gasteiger partial charge in [0.25, 0.3) is 0 Å². The number of hydrogen-bond acceptors (Lipinski definition) is 6. The van der Waals surface area contributed by atoms with Crippen LogP contribution in [-0.2, 0) is 27.9 Å². The van der Waals surface area contributed by atoms with Crippen LogP contribution >= 0.6 is 7.60 Å². The van der Waals surface area contributed by atoms with Crippen LogP contribution in [0, 0.1) is 0 Å². The molecule has 0 unspecified atom stereocenters. The summed E-state index contributed by atoms with van der Waals surface area (Å²) in [4.78, 5) is 10.3. The third-order valence-electron chi connectivity index (χ3n) is 1.34. The summed E-state index contributed by atoms with van der Waals surface area (Å²) in [5.74, 6) is -0.379. The Kier molecular flexibility index (Phi) is 6.74. The van der Waals surface area contributed by atoms with Crippen LogP contribution in [0.3, 0.4) is 0 Å². The van der Waals surface area contributed by atoms with Crippen molar-refractivity contribution < 1.29 is 27.9 Å². The van der Waals surface area contributed by atoms with Gasteiger partial charge < -0.3 is 18.5 Å². The second kappa shape index (κ2) is 6.95. The fraction of sp³-hybridized carbons (Fsp3) is 0.857. The molecule has 7 heteroatoms. The minimum absolute atomic E-state index is 0.128. The topological polar surface area (TPSA) is 71.1 Å². The van der Waals surface area contributed by atoms with Crippen LogP contribution in [0.15, 0.2) is 0 Å². The van der Waals surface area contributed by atoms with Crippen molar-refractivity contribution in [2.24, 2.45) is 0 Å². The Hall–Kier alpha value is -0.420. The average Bonchev–Trinajstić information content (AvgIpc) is 2.16. The molecule has 0 aliphatic heterocycles. The zero-order chi connectivity index (χ0) is 11.0. The van der Waals surface area contributed by atoms with E-state index in [1.54, 1.807) is 0 Å². The monoisotopic (exact) mass is 226 g/mol. The summed E-state index contributed by atoms with van der Waals surface area (Å²) in [5.41, 5.74) is 0. The lowest BCUT2D eigenvalue weighted by Crippen LogP contribution is -2.09. The molecule has 84 valence electrons. The smallest absolute Gasteiger partial charge is 0.355 e. The van der Waals surface area contributed by atoms with Crippen molar-refractivity contribution in [1.29, 1.82) is 0 Å². The normalized spacial score (nSPS) is 11.4. The Morgan fingerprint density at radius 2 is 1.79 bits per heavy atom. The minimum Gasteiger partial charge on any atom is -0.463 e. The molecule has 0 aromatic rings. The zero-order valence-corrected chi connectivity index (χ0v) is 9.41. The number of hydrogen-bond donors (Lipinski definition) is 0. The molecule has 0 amide bonds. The Morgan fingerprint density at radius 1 is 1.21 bits per heavy atom. The standard InChI is InChI=1S/C7H15O6P/c1-7(8)13-5-4-12-6-14(9,10-2)11-3/h4-6H2,1-3H3. The molecule has 0 saturated carbocycles. The highest BCUT2D eigenvalue weighted by Crippen LogP contribution is 2.45. The molecule has 0 aliphatic rings. The van der Waals surface area contributed by atoms with Crippen molar-refractivity contribution in [3.05, 3.63) is 0 Å². The molecule has 0 rings (SSSR count). The molecule has 0 fully saturated rings. The first-order valence-electron chi connectivity index (χ1n) is 3.95. The van der Waals surface area contributed by atoms with Crippen LogP contribution < -0.4 is 0 Å². The molecule has 0 aromatic carbocycles.